The number of fused-ring (bicyclic) bond motifs is 2. The molecule has 0 saturated carbocycles. The zero-order valence-electron chi connectivity index (χ0n) is 9.28. The van der Waals surface area contributed by atoms with Gasteiger partial charge in [-0.25, -0.2) is 8.42 Å². The van der Waals surface area contributed by atoms with E-state index < -0.39 is 10.1 Å². The van der Waals surface area contributed by atoms with E-state index in [-0.39, 0.29) is 4.90 Å². The number of benzene rings is 1. The third kappa shape index (κ3) is 1.73. The van der Waals surface area contributed by atoms with Crippen LogP contribution in [-0.2, 0) is 10.1 Å². The maximum Gasteiger partial charge on any atom is 0.211 e. The van der Waals surface area contributed by atoms with Crippen LogP contribution in [0.15, 0.2) is 59.8 Å². The molecule has 1 aromatic carbocycles. The van der Waals surface area contributed by atoms with Crippen molar-refractivity contribution in [2.24, 2.45) is 0 Å². The Bertz CT molecular complexity index is 856. The molecular formula is C13H9NO3S. The summed E-state index contributed by atoms with van der Waals surface area (Å²) in [6, 6.07) is 12.0. The van der Waals surface area contributed by atoms with Crippen LogP contribution < -0.4 is 4.40 Å². The SMILES string of the molecule is O=S(=O)([O-])c1cccc2c[n+]3ccccc3cc12. The second-order valence-electron chi connectivity index (χ2n) is 4.02. The number of nitrogens with zero attached hydrogens (tertiary/aromatic N) is 1. The number of hydrogen-bond acceptors (Lipinski definition) is 3. The lowest BCUT2D eigenvalue weighted by Crippen LogP contribution is -2.20. The summed E-state index contributed by atoms with van der Waals surface area (Å²) in [4.78, 5) is -0.175. The predicted molar refractivity (Wildman–Crippen MR) is 65.1 cm³/mol. The van der Waals surface area contributed by atoms with Crippen LogP contribution in [0.1, 0.15) is 0 Å². The molecule has 0 saturated heterocycles. The Kier molecular flexibility index (Phi) is 2.33. The first-order valence-electron chi connectivity index (χ1n) is 5.34. The van der Waals surface area contributed by atoms with E-state index in [0.29, 0.717) is 5.39 Å². The monoisotopic (exact) mass is 259 g/mol. The lowest BCUT2D eigenvalue weighted by Gasteiger charge is -2.09. The Labute approximate surface area is 104 Å². The Hall–Kier alpha value is -1.98. The number of hydrogen-bond donors (Lipinski definition) is 0. The Morgan fingerprint density at radius 2 is 1.89 bits per heavy atom. The molecule has 0 bridgehead atoms. The minimum absolute atomic E-state index is 0.175. The Morgan fingerprint density at radius 3 is 2.67 bits per heavy atom. The van der Waals surface area contributed by atoms with E-state index >= 15 is 0 Å². The van der Waals surface area contributed by atoms with Crippen molar-refractivity contribution in [2.75, 3.05) is 0 Å². The smallest absolute Gasteiger partial charge is 0.211 e. The predicted octanol–water partition coefficient (Wildman–Crippen LogP) is 1.48. The summed E-state index contributed by atoms with van der Waals surface area (Å²) in [5, 5.41) is 1.18. The minimum atomic E-state index is -4.46. The lowest BCUT2D eigenvalue weighted by atomic mass is 10.1. The molecule has 18 heavy (non-hydrogen) atoms. The fourth-order valence-electron chi connectivity index (χ4n) is 2.05. The van der Waals surface area contributed by atoms with E-state index in [0.717, 1.165) is 10.9 Å². The van der Waals surface area contributed by atoms with E-state index in [1.165, 1.54) is 6.07 Å². The highest BCUT2D eigenvalue weighted by atomic mass is 32.2. The maximum atomic E-state index is 11.2. The van der Waals surface area contributed by atoms with Gasteiger partial charge in [-0.3, -0.25) is 0 Å². The molecule has 5 heteroatoms. The first kappa shape index (κ1) is 11.1. The first-order chi connectivity index (χ1) is 8.55. The molecule has 0 fully saturated rings. The van der Waals surface area contributed by atoms with Crippen LogP contribution in [0.25, 0.3) is 16.3 Å². The second kappa shape index (κ2) is 3.76. The van der Waals surface area contributed by atoms with Gasteiger partial charge in [-0.15, -0.1) is 0 Å². The fraction of sp³-hybridized carbons (Fsp3) is 0. The molecule has 0 N–H and O–H groups in total. The fourth-order valence-corrected chi connectivity index (χ4v) is 2.74. The van der Waals surface area contributed by atoms with Crippen molar-refractivity contribution < 1.29 is 17.4 Å². The first-order valence-corrected chi connectivity index (χ1v) is 6.75. The highest BCUT2D eigenvalue weighted by molar-refractivity contribution is 7.86. The normalized spacial score (nSPS) is 12.1. The van der Waals surface area contributed by atoms with E-state index in [4.69, 9.17) is 0 Å². The summed E-state index contributed by atoms with van der Waals surface area (Å²) in [5.74, 6) is 0. The summed E-state index contributed by atoms with van der Waals surface area (Å²) in [6.45, 7) is 0. The van der Waals surface area contributed by atoms with Gasteiger partial charge in [0.05, 0.1) is 4.90 Å². The van der Waals surface area contributed by atoms with E-state index in [1.54, 1.807) is 24.4 Å². The van der Waals surface area contributed by atoms with Gasteiger partial charge < -0.3 is 4.55 Å². The highest BCUT2D eigenvalue weighted by Crippen LogP contribution is 2.22. The summed E-state index contributed by atoms with van der Waals surface area (Å²) < 4.78 is 35.5. The van der Waals surface area contributed by atoms with Crippen LogP contribution >= 0.6 is 0 Å². The van der Waals surface area contributed by atoms with Gasteiger partial charge >= 0.3 is 0 Å². The van der Waals surface area contributed by atoms with Crippen molar-refractivity contribution in [1.82, 2.24) is 0 Å². The molecule has 2 aromatic heterocycles. The topological polar surface area (TPSA) is 61.3 Å². The molecule has 0 aliphatic carbocycles. The summed E-state index contributed by atoms with van der Waals surface area (Å²) in [5.41, 5.74) is 0.834. The van der Waals surface area contributed by atoms with Crippen molar-refractivity contribution >= 4 is 26.4 Å². The van der Waals surface area contributed by atoms with Crippen LogP contribution in [0.5, 0.6) is 0 Å². The lowest BCUT2D eigenvalue weighted by molar-refractivity contribution is -0.510. The molecule has 0 spiro atoms. The summed E-state index contributed by atoms with van der Waals surface area (Å²) >= 11 is 0. The zero-order chi connectivity index (χ0) is 12.8. The van der Waals surface area contributed by atoms with Gasteiger partial charge in [0.15, 0.2) is 12.4 Å². The van der Waals surface area contributed by atoms with Crippen molar-refractivity contribution in [2.45, 2.75) is 4.90 Å². The molecule has 0 atom stereocenters. The molecule has 2 heterocycles. The van der Waals surface area contributed by atoms with Gasteiger partial charge in [0.2, 0.25) is 5.52 Å². The van der Waals surface area contributed by atoms with Gasteiger partial charge in [0.1, 0.15) is 10.1 Å². The van der Waals surface area contributed by atoms with Crippen molar-refractivity contribution in [1.29, 1.82) is 0 Å². The van der Waals surface area contributed by atoms with Crippen LogP contribution in [0.4, 0.5) is 0 Å². The van der Waals surface area contributed by atoms with Gasteiger partial charge in [-0.05, 0) is 18.2 Å². The molecule has 3 rings (SSSR count). The zero-order valence-corrected chi connectivity index (χ0v) is 10.1. The summed E-state index contributed by atoms with van der Waals surface area (Å²) in [6.07, 6.45) is 3.67. The van der Waals surface area contributed by atoms with Crippen molar-refractivity contribution in [3.63, 3.8) is 0 Å². The summed E-state index contributed by atoms with van der Waals surface area (Å²) in [7, 11) is -4.46. The van der Waals surface area contributed by atoms with Gasteiger partial charge in [0, 0.05) is 29.0 Å². The molecule has 0 amide bonds. The van der Waals surface area contributed by atoms with Crippen LogP contribution in [0.2, 0.25) is 0 Å². The van der Waals surface area contributed by atoms with Crippen molar-refractivity contribution in [3.8, 4) is 0 Å². The second-order valence-corrected chi connectivity index (χ2v) is 5.37. The minimum Gasteiger partial charge on any atom is -0.744 e. The number of rotatable bonds is 1. The average molecular weight is 259 g/mol. The van der Waals surface area contributed by atoms with Crippen LogP contribution in [-0.4, -0.2) is 13.0 Å². The van der Waals surface area contributed by atoms with Gasteiger partial charge in [-0.2, -0.15) is 4.40 Å². The molecule has 0 aliphatic heterocycles. The van der Waals surface area contributed by atoms with E-state index in [1.807, 2.05) is 28.8 Å². The highest BCUT2D eigenvalue weighted by Gasteiger charge is 2.11. The molecule has 4 nitrogen and oxygen atoms in total. The number of pyridine rings is 2. The van der Waals surface area contributed by atoms with Crippen LogP contribution in [0.3, 0.4) is 0 Å². The third-order valence-electron chi connectivity index (χ3n) is 2.86. The molecule has 0 radical (unpaired) electrons. The van der Waals surface area contributed by atoms with Crippen LogP contribution in [0, 0.1) is 0 Å². The van der Waals surface area contributed by atoms with Gasteiger partial charge in [0.25, 0.3) is 0 Å². The molecule has 0 unspecified atom stereocenters. The van der Waals surface area contributed by atoms with E-state index in [9.17, 15) is 13.0 Å². The largest absolute Gasteiger partial charge is 0.744 e. The average Bonchev–Trinajstić information content (AvgIpc) is 2.34. The van der Waals surface area contributed by atoms with Crippen molar-refractivity contribution in [3.05, 3.63) is 54.9 Å². The Morgan fingerprint density at radius 1 is 1.06 bits per heavy atom. The molecule has 3 aromatic rings. The van der Waals surface area contributed by atoms with E-state index in [2.05, 4.69) is 0 Å². The quantitative estimate of drug-likeness (QED) is 0.378. The molecule has 0 aliphatic rings. The maximum absolute atomic E-state index is 11.2. The molecule has 90 valence electrons. The third-order valence-corrected chi connectivity index (χ3v) is 3.76. The standard InChI is InChI=1S/C13H9NO3S/c15-18(16,17)13-6-3-4-10-9-14-7-2-1-5-11(14)8-12(10)13/h1-9H. The molecular weight excluding hydrogens is 250 g/mol. The van der Waals surface area contributed by atoms with Gasteiger partial charge in [-0.1, -0.05) is 6.07 Å². The Balaban J connectivity index is 2.51. The number of aromatic nitrogens is 1.